The maximum Gasteiger partial charge on any atom is 0.273 e. The molecule has 0 atom stereocenters. The van der Waals surface area contributed by atoms with E-state index in [4.69, 9.17) is 26.2 Å². The molecule has 0 aliphatic heterocycles. The van der Waals surface area contributed by atoms with Gasteiger partial charge in [-0.1, -0.05) is 11.6 Å². The van der Waals surface area contributed by atoms with Crippen LogP contribution in [-0.4, -0.2) is 61.9 Å². The molecule has 0 unspecified atom stereocenters. The maximum atomic E-state index is 14.3. The monoisotopic (exact) mass is 543 g/mol. The Bertz CT molecular complexity index is 1580. The molecule has 1 aromatic carbocycles. The minimum atomic E-state index is -2.76. The summed E-state index contributed by atoms with van der Waals surface area (Å²) in [7, 11) is 4.95. The number of hydrogen-bond acceptors (Lipinski definition) is 10. The molecule has 0 spiro atoms. The van der Waals surface area contributed by atoms with Crippen molar-refractivity contribution in [3.63, 3.8) is 0 Å². The molecule has 0 aliphatic rings. The van der Waals surface area contributed by atoms with Crippen LogP contribution in [0.3, 0.4) is 0 Å². The molecule has 3 heterocycles. The fourth-order valence-electron chi connectivity index (χ4n) is 3.79. The van der Waals surface area contributed by atoms with Crippen molar-refractivity contribution in [1.29, 1.82) is 0 Å². The van der Waals surface area contributed by atoms with Gasteiger partial charge in [0, 0.05) is 37.3 Å². The number of aryl methyl sites for hydroxylation is 1. The molecule has 0 saturated heterocycles. The summed E-state index contributed by atoms with van der Waals surface area (Å²) in [5.41, 5.74) is 7.28. The third-order valence-corrected chi connectivity index (χ3v) is 5.55. The highest BCUT2D eigenvalue weighted by Crippen LogP contribution is 2.39. The van der Waals surface area contributed by atoms with Crippen LogP contribution in [0.5, 0.6) is 5.75 Å². The first-order valence-electron chi connectivity index (χ1n) is 12.6. The first-order chi connectivity index (χ1) is 19.3. The van der Waals surface area contributed by atoms with Crippen LogP contribution < -0.4 is 21.1 Å². The largest absolute Gasteiger partial charge is 0.494 e. The van der Waals surface area contributed by atoms with Crippen LogP contribution in [0.1, 0.15) is 25.9 Å². The van der Waals surface area contributed by atoms with Gasteiger partial charge >= 0.3 is 0 Å². The number of methoxy groups -OCH3 is 1. The summed E-state index contributed by atoms with van der Waals surface area (Å²) in [5.74, 6) is -0.591. The second-order valence-electron chi connectivity index (χ2n) is 8.31. The van der Waals surface area contributed by atoms with Crippen molar-refractivity contribution in [3.8, 4) is 17.1 Å². The van der Waals surface area contributed by atoms with E-state index in [1.165, 1.54) is 36.3 Å². The standard InChI is InChI=1S/C24H26ClFN10O2/c1-28-24(37)21-16(9-19(25)32-33-21)30-17-8-13(7-14(22(17)38-4)23-29-12-36(3)34-23)10-35(2)11-18-15(26)5-6-20(27)31-18/h5-9,12H,10-11H2,1-4H3,(H2,27,31)(H,28,37)(H,30,32)/i1D3. The molecule has 14 heteroatoms. The van der Waals surface area contributed by atoms with Crippen molar-refractivity contribution >= 4 is 34.7 Å². The average molecular weight is 544 g/mol. The number of nitrogen functional groups attached to an aromatic ring is 1. The number of nitrogens with one attached hydrogen (secondary N) is 2. The number of hydrogen-bond donors (Lipinski definition) is 3. The van der Waals surface area contributed by atoms with Crippen molar-refractivity contribution in [2.24, 2.45) is 7.05 Å². The lowest BCUT2D eigenvalue weighted by molar-refractivity contribution is 0.0958. The lowest BCUT2D eigenvalue weighted by Crippen LogP contribution is -2.21. The summed E-state index contributed by atoms with van der Waals surface area (Å²) in [6.07, 6.45) is 1.53. The summed E-state index contributed by atoms with van der Waals surface area (Å²) in [6, 6.07) is 7.54. The highest BCUT2D eigenvalue weighted by atomic mass is 35.5. The van der Waals surface area contributed by atoms with Gasteiger partial charge in [-0.2, -0.15) is 5.10 Å². The maximum absolute atomic E-state index is 14.3. The molecule has 0 fully saturated rings. The van der Waals surface area contributed by atoms with E-state index >= 15 is 0 Å². The lowest BCUT2D eigenvalue weighted by Gasteiger charge is -2.20. The number of rotatable bonds is 9. The van der Waals surface area contributed by atoms with E-state index in [0.717, 1.165) is 5.56 Å². The molecule has 0 bridgehead atoms. The van der Waals surface area contributed by atoms with Gasteiger partial charge in [-0.3, -0.25) is 14.4 Å². The topological polar surface area (TPSA) is 149 Å². The number of benzene rings is 1. The third kappa shape index (κ3) is 5.95. The number of nitrogens with zero attached hydrogens (tertiary/aromatic N) is 7. The number of amides is 1. The van der Waals surface area contributed by atoms with Gasteiger partial charge in [0.05, 0.1) is 29.7 Å². The van der Waals surface area contributed by atoms with Gasteiger partial charge in [0.15, 0.2) is 22.4 Å². The Morgan fingerprint density at radius 2 is 2.08 bits per heavy atom. The normalized spacial score (nSPS) is 12.5. The molecule has 4 rings (SSSR count). The van der Waals surface area contributed by atoms with E-state index in [2.05, 4.69) is 30.6 Å². The lowest BCUT2D eigenvalue weighted by atomic mass is 10.1. The molecule has 4 N–H and O–H groups in total. The van der Waals surface area contributed by atoms with E-state index < -0.39 is 18.7 Å². The van der Waals surface area contributed by atoms with Crippen molar-refractivity contribution in [1.82, 2.24) is 40.2 Å². The smallest absolute Gasteiger partial charge is 0.273 e. The minimum absolute atomic E-state index is 0.0453. The van der Waals surface area contributed by atoms with Crippen LogP contribution in [0.2, 0.25) is 5.15 Å². The van der Waals surface area contributed by atoms with Crippen LogP contribution in [0.4, 0.5) is 21.6 Å². The molecule has 3 aromatic heterocycles. The number of carbonyl (C=O) groups excluding carboxylic acids is 1. The van der Waals surface area contributed by atoms with Crippen molar-refractivity contribution in [3.05, 3.63) is 64.6 Å². The Morgan fingerprint density at radius 3 is 2.79 bits per heavy atom. The quantitative estimate of drug-likeness (QED) is 0.287. The summed E-state index contributed by atoms with van der Waals surface area (Å²) in [5, 5.41) is 16.8. The van der Waals surface area contributed by atoms with Crippen LogP contribution in [0, 0.1) is 5.82 Å². The number of ether oxygens (including phenoxy) is 1. The fraction of sp³-hybridized carbons (Fsp3) is 0.250. The van der Waals surface area contributed by atoms with Crippen LogP contribution >= 0.6 is 11.6 Å². The molecule has 0 radical (unpaired) electrons. The van der Waals surface area contributed by atoms with Gasteiger partial charge in [-0.15, -0.1) is 10.2 Å². The van der Waals surface area contributed by atoms with E-state index in [1.54, 1.807) is 20.2 Å². The molecular weight excluding hydrogens is 515 g/mol. The van der Waals surface area contributed by atoms with Crippen LogP contribution in [-0.2, 0) is 20.1 Å². The van der Waals surface area contributed by atoms with Crippen molar-refractivity contribution in [2.75, 3.05) is 32.2 Å². The number of anilines is 3. The number of pyridine rings is 1. The Hall–Kier alpha value is -4.36. The van der Waals surface area contributed by atoms with Gasteiger partial charge in [-0.25, -0.2) is 14.4 Å². The molecule has 0 saturated carbocycles. The Kier molecular flexibility index (Phi) is 6.82. The van der Waals surface area contributed by atoms with Crippen LogP contribution in [0.25, 0.3) is 11.4 Å². The predicted octanol–water partition coefficient (Wildman–Crippen LogP) is 2.79. The van der Waals surface area contributed by atoms with E-state index in [0.29, 0.717) is 29.4 Å². The number of halogens is 2. The van der Waals surface area contributed by atoms with Gasteiger partial charge in [-0.05, 0) is 36.9 Å². The molecule has 198 valence electrons. The van der Waals surface area contributed by atoms with E-state index in [-0.39, 0.29) is 34.6 Å². The highest BCUT2D eigenvalue weighted by Gasteiger charge is 2.21. The van der Waals surface area contributed by atoms with E-state index in [1.807, 2.05) is 16.3 Å². The van der Waals surface area contributed by atoms with E-state index in [9.17, 15) is 9.18 Å². The zero-order chi connectivity index (χ0) is 29.9. The summed E-state index contributed by atoms with van der Waals surface area (Å²) >= 11 is 6.06. The zero-order valence-electron chi connectivity index (χ0n) is 23.7. The third-order valence-electron chi connectivity index (χ3n) is 5.37. The van der Waals surface area contributed by atoms with Crippen molar-refractivity contribution in [2.45, 2.75) is 13.1 Å². The summed E-state index contributed by atoms with van der Waals surface area (Å²) in [4.78, 5) is 23.0. The van der Waals surface area contributed by atoms with Gasteiger partial charge in [0.25, 0.3) is 5.91 Å². The Labute approximate surface area is 227 Å². The van der Waals surface area contributed by atoms with Gasteiger partial charge < -0.3 is 21.1 Å². The highest BCUT2D eigenvalue weighted by molar-refractivity contribution is 6.29. The molecule has 4 aromatic rings. The number of carbonyl (C=O) groups is 1. The zero-order valence-corrected chi connectivity index (χ0v) is 21.4. The Balaban J connectivity index is 1.76. The molecule has 12 nitrogen and oxygen atoms in total. The SMILES string of the molecule is [2H]C([2H])([2H])NC(=O)c1nnc(Cl)cc1Nc1cc(CN(C)Cc2nc(N)ccc2F)cc(-c2ncn(C)n2)c1OC. The first kappa shape index (κ1) is 22.8. The van der Waals surface area contributed by atoms with Gasteiger partial charge in [0.1, 0.15) is 18.0 Å². The summed E-state index contributed by atoms with van der Waals surface area (Å²) < 4.78 is 43.7. The first-order valence-corrected chi connectivity index (χ1v) is 11.5. The molecular formula is C24H26ClFN10O2. The minimum Gasteiger partial charge on any atom is -0.494 e. The van der Waals surface area contributed by atoms with Crippen LogP contribution in [0.15, 0.2) is 36.7 Å². The second kappa shape index (κ2) is 11.4. The van der Waals surface area contributed by atoms with Gasteiger partial charge in [0.2, 0.25) is 0 Å². The summed E-state index contributed by atoms with van der Waals surface area (Å²) in [6.45, 7) is -2.28. The Morgan fingerprint density at radius 1 is 1.26 bits per heavy atom. The van der Waals surface area contributed by atoms with Crippen molar-refractivity contribution < 1.29 is 18.0 Å². The molecule has 1 amide bonds. The fourth-order valence-corrected chi connectivity index (χ4v) is 3.94. The number of nitrogens with two attached hydrogens (primary N) is 1. The number of aromatic nitrogens is 6. The predicted molar refractivity (Wildman–Crippen MR) is 140 cm³/mol. The molecule has 38 heavy (non-hydrogen) atoms. The molecule has 0 aliphatic carbocycles. The average Bonchev–Trinajstić information content (AvgIpc) is 3.31. The second-order valence-corrected chi connectivity index (χ2v) is 8.70.